The molecule has 3 heterocycles. The van der Waals surface area contributed by atoms with E-state index in [9.17, 15) is 14.4 Å². The Morgan fingerprint density at radius 3 is 2.89 bits per heavy atom. The van der Waals surface area contributed by atoms with Gasteiger partial charge in [0.2, 0.25) is 11.8 Å². The number of benzene rings is 1. The van der Waals surface area contributed by atoms with Crippen molar-refractivity contribution in [2.45, 2.75) is 50.5 Å². The summed E-state index contributed by atoms with van der Waals surface area (Å²) in [6, 6.07) is 8.99. The van der Waals surface area contributed by atoms with Gasteiger partial charge in [0.15, 0.2) is 0 Å². The number of nitrogens with zero attached hydrogens (tertiary/aromatic N) is 1. The lowest BCUT2D eigenvalue weighted by Crippen LogP contribution is -2.48. The number of amides is 2. The van der Waals surface area contributed by atoms with E-state index in [1.165, 1.54) is 6.07 Å². The maximum Gasteiger partial charge on any atom is 0.280 e. The van der Waals surface area contributed by atoms with Crippen LogP contribution in [-0.2, 0) is 21.4 Å². The summed E-state index contributed by atoms with van der Waals surface area (Å²) in [5.41, 5.74) is 0.885. The molecule has 0 aliphatic carbocycles. The van der Waals surface area contributed by atoms with Gasteiger partial charge in [-0.25, -0.2) is 0 Å². The van der Waals surface area contributed by atoms with E-state index in [1.807, 2.05) is 29.2 Å². The predicted molar refractivity (Wildman–Crippen MR) is 99.4 cm³/mol. The number of aromatic amines is 1. The van der Waals surface area contributed by atoms with Crippen molar-refractivity contribution in [2.24, 2.45) is 0 Å². The molecular formula is C20H23N3O4. The van der Waals surface area contributed by atoms with Gasteiger partial charge in [0.25, 0.3) is 5.56 Å². The number of aryl methyl sites for hydroxylation is 1. The van der Waals surface area contributed by atoms with Gasteiger partial charge in [0, 0.05) is 31.1 Å². The Kier molecular flexibility index (Phi) is 4.37. The molecule has 1 spiro atoms. The van der Waals surface area contributed by atoms with Crippen LogP contribution in [0.25, 0.3) is 0 Å². The number of hydrogen-bond acceptors (Lipinski definition) is 4. The molecule has 7 heteroatoms. The van der Waals surface area contributed by atoms with Crippen molar-refractivity contribution >= 4 is 17.5 Å². The van der Waals surface area contributed by atoms with Crippen LogP contribution in [0.5, 0.6) is 0 Å². The molecule has 1 saturated heterocycles. The summed E-state index contributed by atoms with van der Waals surface area (Å²) in [7, 11) is 0. The maximum atomic E-state index is 13.0. The minimum atomic E-state index is -0.664. The molecule has 2 aliphatic heterocycles. The zero-order valence-electron chi connectivity index (χ0n) is 15.3. The lowest BCUT2D eigenvalue weighted by atomic mass is 9.73. The quantitative estimate of drug-likeness (QED) is 0.844. The standard InChI is InChI=1S/C20H23N3O4/c1-2-5-16-20(14-6-3-4-7-15(14)21-19(20)26)10-11-23(16)18(25)9-8-13-12-17(24)22-27-13/h3-4,6-7,12,16H,2,5,8-11H2,1H3,(H,21,26)(H,22,24)/t16-,20-/m0/s1. The first-order chi connectivity index (χ1) is 13.1. The Hall–Kier alpha value is -2.83. The normalized spacial score (nSPS) is 23.7. The van der Waals surface area contributed by atoms with Crippen LogP contribution in [-0.4, -0.2) is 34.5 Å². The van der Waals surface area contributed by atoms with Crippen molar-refractivity contribution in [3.05, 3.63) is 52.0 Å². The minimum absolute atomic E-state index is 0.00548. The van der Waals surface area contributed by atoms with Crippen molar-refractivity contribution in [1.29, 1.82) is 0 Å². The van der Waals surface area contributed by atoms with E-state index in [0.29, 0.717) is 25.1 Å². The molecule has 2 N–H and O–H groups in total. The zero-order valence-corrected chi connectivity index (χ0v) is 15.3. The number of aromatic nitrogens is 1. The highest BCUT2D eigenvalue weighted by atomic mass is 16.5. The number of nitrogens with one attached hydrogen (secondary N) is 2. The summed E-state index contributed by atoms with van der Waals surface area (Å²) in [5.74, 6) is 0.457. The largest absolute Gasteiger partial charge is 0.384 e. The summed E-state index contributed by atoms with van der Waals surface area (Å²) in [6.07, 6.45) is 2.90. The first-order valence-electron chi connectivity index (χ1n) is 9.44. The number of likely N-dealkylation sites (tertiary alicyclic amines) is 1. The van der Waals surface area contributed by atoms with Gasteiger partial charge in [-0.3, -0.25) is 14.4 Å². The Morgan fingerprint density at radius 2 is 2.15 bits per heavy atom. The van der Waals surface area contributed by atoms with Gasteiger partial charge in [-0.2, -0.15) is 5.16 Å². The van der Waals surface area contributed by atoms with Crippen LogP contribution in [0.15, 0.2) is 39.6 Å². The number of rotatable bonds is 5. The van der Waals surface area contributed by atoms with Gasteiger partial charge in [-0.05, 0) is 24.5 Å². The molecule has 142 valence electrons. The number of para-hydroxylation sites is 1. The van der Waals surface area contributed by atoms with E-state index in [1.54, 1.807) is 0 Å². The van der Waals surface area contributed by atoms with Gasteiger partial charge in [0.05, 0.1) is 11.5 Å². The summed E-state index contributed by atoms with van der Waals surface area (Å²) in [5, 5.41) is 5.25. The average Bonchev–Trinajstić information content (AvgIpc) is 3.32. The van der Waals surface area contributed by atoms with Gasteiger partial charge in [-0.1, -0.05) is 31.5 Å². The molecule has 7 nitrogen and oxygen atoms in total. The van der Waals surface area contributed by atoms with Crippen molar-refractivity contribution in [1.82, 2.24) is 10.1 Å². The van der Waals surface area contributed by atoms with E-state index in [2.05, 4.69) is 17.4 Å². The molecule has 2 aliphatic rings. The third kappa shape index (κ3) is 2.78. The molecule has 2 atom stereocenters. The fourth-order valence-corrected chi connectivity index (χ4v) is 4.59. The molecule has 2 aromatic rings. The lowest BCUT2D eigenvalue weighted by Gasteiger charge is -2.34. The molecule has 27 heavy (non-hydrogen) atoms. The van der Waals surface area contributed by atoms with Crippen LogP contribution in [0, 0.1) is 0 Å². The van der Waals surface area contributed by atoms with Crippen LogP contribution in [0.1, 0.15) is 43.9 Å². The summed E-state index contributed by atoms with van der Waals surface area (Å²) >= 11 is 0. The second-order valence-corrected chi connectivity index (χ2v) is 7.29. The van der Waals surface area contributed by atoms with Crippen molar-refractivity contribution in [3.63, 3.8) is 0 Å². The van der Waals surface area contributed by atoms with Crippen LogP contribution in [0.4, 0.5) is 5.69 Å². The van der Waals surface area contributed by atoms with Crippen LogP contribution in [0.2, 0.25) is 0 Å². The zero-order chi connectivity index (χ0) is 19.0. The highest BCUT2D eigenvalue weighted by Crippen LogP contribution is 2.49. The van der Waals surface area contributed by atoms with Crippen LogP contribution < -0.4 is 10.9 Å². The fourth-order valence-electron chi connectivity index (χ4n) is 4.59. The van der Waals surface area contributed by atoms with E-state index in [-0.39, 0.29) is 29.8 Å². The predicted octanol–water partition coefficient (Wildman–Crippen LogP) is 2.19. The summed E-state index contributed by atoms with van der Waals surface area (Å²) < 4.78 is 5.04. The van der Waals surface area contributed by atoms with Crippen molar-refractivity contribution in [2.75, 3.05) is 11.9 Å². The number of carbonyl (C=O) groups is 2. The molecule has 0 saturated carbocycles. The van der Waals surface area contributed by atoms with E-state index >= 15 is 0 Å². The Bertz CT molecular complexity index is 931. The SMILES string of the molecule is CCC[C@@H]1N(C(=O)CCc2cc(=O)[nH]o2)CC[C@@]12C(=O)Nc1ccccc12. The Labute approximate surface area is 156 Å². The van der Waals surface area contributed by atoms with E-state index in [0.717, 1.165) is 24.1 Å². The van der Waals surface area contributed by atoms with Crippen molar-refractivity contribution in [3.8, 4) is 0 Å². The first kappa shape index (κ1) is 17.6. The molecule has 1 aromatic carbocycles. The third-order valence-corrected chi connectivity index (χ3v) is 5.80. The molecule has 0 radical (unpaired) electrons. The van der Waals surface area contributed by atoms with Gasteiger partial charge < -0.3 is 14.7 Å². The smallest absolute Gasteiger partial charge is 0.280 e. The van der Waals surface area contributed by atoms with Crippen LogP contribution in [0.3, 0.4) is 0 Å². The van der Waals surface area contributed by atoms with E-state index in [4.69, 9.17) is 4.52 Å². The van der Waals surface area contributed by atoms with Gasteiger partial charge in [-0.15, -0.1) is 0 Å². The molecule has 1 fully saturated rings. The molecule has 4 rings (SSSR count). The number of hydrogen-bond donors (Lipinski definition) is 2. The maximum absolute atomic E-state index is 13.0. The minimum Gasteiger partial charge on any atom is -0.384 e. The fraction of sp³-hybridized carbons (Fsp3) is 0.450. The molecular weight excluding hydrogens is 346 g/mol. The number of anilines is 1. The van der Waals surface area contributed by atoms with Gasteiger partial charge >= 0.3 is 0 Å². The molecule has 0 unspecified atom stereocenters. The topological polar surface area (TPSA) is 95.4 Å². The second-order valence-electron chi connectivity index (χ2n) is 7.29. The molecule has 0 bridgehead atoms. The first-order valence-corrected chi connectivity index (χ1v) is 9.44. The van der Waals surface area contributed by atoms with Gasteiger partial charge in [0.1, 0.15) is 5.76 Å². The Balaban J connectivity index is 1.59. The van der Waals surface area contributed by atoms with Crippen LogP contribution >= 0.6 is 0 Å². The van der Waals surface area contributed by atoms with Crippen molar-refractivity contribution < 1.29 is 14.1 Å². The number of H-pyrrole nitrogens is 1. The highest BCUT2D eigenvalue weighted by Gasteiger charge is 2.58. The number of carbonyl (C=O) groups excluding carboxylic acids is 2. The number of fused-ring (bicyclic) bond motifs is 2. The third-order valence-electron chi connectivity index (χ3n) is 5.80. The Morgan fingerprint density at radius 1 is 1.33 bits per heavy atom. The average molecular weight is 369 g/mol. The summed E-state index contributed by atoms with van der Waals surface area (Å²) in [6.45, 7) is 2.63. The summed E-state index contributed by atoms with van der Waals surface area (Å²) in [4.78, 5) is 38.9. The lowest BCUT2D eigenvalue weighted by molar-refractivity contribution is -0.133. The highest BCUT2D eigenvalue weighted by molar-refractivity contribution is 6.07. The second kappa shape index (κ2) is 6.72. The molecule has 2 amide bonds. The molecule has 1 aromatic heterocycles. The van der Waals surface area contributed by atoms with E-state index < -0.39 is 5.41 Å². The monoisotopic (exact) mass is 369 g/mol.